The molecule has 0 fully saturated rings. The van der Waals surface area contributed by atoms with Gasteiger partial charge in [0.15, 0.2) is 0 Å². The smallest absolute Gasteiger partial charge is 0.321 e. The van der Waals surface area contributed by atoms with E-state index in [9.17, 15) is 13.2 Å². The summed E-state index contributed by atoms with van der Waals surface area (Å²) in [4.78, 5) is 13.3. The molecule has 0 aliphatic rings. The van der Waals surface area contributed by atoms with Crippen molar-refractivity contribution >= 4 is 33.3 Å². The Balaban J connectivity index is 3.04. The van der Waals surface area contributed by atoms with Crippen molar-refractivity contribution in [2.45, 2.75) is 18.7 Å². The summed E-state index contributed by atoms with van der Waals surface area (Å²) >= 11 is 5.91. The lowest BCUT2D eigenvalue weighted by molar-refractivity contribution is 0.217. The highest BCUT2D eigenvalue weighted by Gasteiger charge is 2.14. The van der Waals surface area contributed by atoms with E-state index >= 15 is 0 Å². The zero-order valence-corrected chi connectivity index (χ0v) is 12.3. The summed E-state index contributed by atoms with van der Waals surface area (Å²) in [5.74, 6) is 0. The second-order valence-corrected chi connectivity index (χ2v) is 5.76. The Hall–Kier alpha value is -1.31. The fourth-order valence-corrected chi connectivity index (χ4v) is 2.19. The fraction of sp³-hybridized carbons (Fsp3) is 0.364. The number of hydrogen-bond acceptors (Lipinski definition) is 3. The van der Waals surface area contributed by atoms with Crippen LogP contribution in [0.4, 0.5) is 10.5 Å². The molecular weight excluding hydrogens is 290 g/mol. The van der Waals surface area contributed by atoms with Crippen molar-refractivity contribution < 1.29 is 13.2 Å². The molecule has 0 aliphatic heterocycles. The first kappa shape index (κ1) is 15.7. The Kier molecular flexibility index (Phi) is 5.16. The summed E-state index contributed by atoms with van der Waals surface area (Å²) in [6.07, 6.45) is 0. The van der Waals surface area contributed by atoms with Crippen molar-refractivity contribution in [1.29, 1.82) is 0 Å². The maximum atomic E-state index is 11.9. The lowest BCUT2D eigenvalue weighted by atomic mass is 10.3. The Bertz CT molecular complexity index is 571. The Morgan fingerprint density at radius 3 is 2.42 bits per heavy atom. The van der Waals surface area contributed by atoms with Crippen LogP contribution in [0.25, 0.3) is 0 Å². The standard InChI is InChI=1S/C11H16ClN3O3S/c1-3-15(4-2)11(16)14-10-7-8(19(13,17)18)5-6-9(10)12/h5-7H,3-4H2,1-2H3,(H,14,16)(H2,13,17,18). The summed E-state index contributed by atoms with van der Waals surface area (Å²) in [5.41, 5.74) is 0.213. The van der Waals surface area contributed by atoms with Gasteiger partial charge < -0.3 is 10.2 Å². The van der Waals surface area contributed by atoms with Crippen LogP contribution in [0.15, 0.2) is 23.1 Å². The number of hydrogen-bond donors (Lipinski definition) is 2. The van der Waals surface area contributed by atoms with Crippen molar-refractivity contribution in [3.63, 3.8) is 0 Å². The van der Waals surface area contributed by atoms with Crippen LogP contribution in [0.2, 0.25) is 5.02 Å². The number of anilines is 1. The van der Waals surface area contributed by atoms with Gasteiger partial charge in [-0.15, -0.1) is 0 Å². The number of nitrogens with one attached hydrogen (secondary N) is 1. The first-order chi connectivity index (χ1) is 8.79. The van der Waals surface area contributed by atoms with E-state index in [2.05, 4.69) is 5.32 Å². The summed E-state index contributed by atoms with van der Waals surface area (Å²) in [6, 6.07) is 3.54. The first-order valence-electron chi connectivity index (χ1n) is 5.67. The number of amides is 2. The molecular formula is C11H16ClN3O3S. The van der Waals surface area contributed by atoms with Crippen molar-refractivity contribution in [3.05, 3.63) is 23.2 Å². The van der Waals surface area contributed by atoms with Gasteiger partial charge in [-0.1, -0.05) is 11.6 Å². The minimum Gasteiger partial charge on any atom is -0.325 e. The molecule has 0 heterocycles. The summed E-state index contributed by atoms with van der Waals surface area (Å²) in [5, 5.41) is 7.83. The molecule has 19 heavy (non-hydrogen) atoms. The van der Waals surface area contributed by atoms with E-state index in [-0.39, 0.29) is 21.6 Å². The number of rotatable bonds is 4. The Morgan fingerprint density at radius 2 is 1.95 bits per heavy atom. The number of halogens is 1. The second kappa shape index (κ2) is 6.23. The van der Waals surface area contributed by atoms with E-state index in [0.717, 1.165) is 0 Å². The molecule has 1 aromatic carbocycles. The number of benzene rings is 1. The number of nitrogens with zero attached hydrogens (tertiary/aromatic N) is 1. The molecule has 3 N–H and O–H groups in total. The molecule has 0 unspecified atom stereocenters. The third-order valence-electron chi connectivity index (χ3n) is 2.56. The maximum Gasteiger partial charge on any atom is 0.321 e. The van der Waals surface area contributed by atoms with Crippen molar-refractivity contribution in [3.8, 4) is 0 Å². The number of carbonyl (C=O) groups excluding carboxylic acids is 1. The van der Waals surface area contributed by atoms with Gasteiger partial charge in [-0.3, -0.25) is 0 Å². The molecule has 0 bridgehead atoms. The van der Waals surface area contributed by atoms with Gasteiger partial charge in [0.2, 0.25) is 10.0 Å². The highest BCUT2D eigenvalue weighted by molar-refractivity contribution is 7.89. The Labute approximate surface area is 117 Å². The van der Waals surface area contributed by atoms with E-state index in [4.69, 9.17) is 16.7 Å². The third-order valence-corrected chi connectivity index (χ3v) is 3.80. The molecule has 8 heteroatoms. The van der Waals surface area contributed by atoms with Crippen LogP contribution in [0.1, 0.15) is 13.8 Å². The minimum atomic E-state index is -3.83. The van der Waals surface area contributed by atoms with E-state index in [1.807, 2.05) is 13.8 Å². The molecule has 0 spiro atoms. The topological polar surface area (TPSA) is 92.5 Å². The highest BCUT2D eigenvalue weighted by atomic mass is 35.5. The average molecular weight is 306 g/mol. The quantitative estimate of drug-likeness (QED) is 0.889. The average Bonchev–Trinajstić information content (AvgIpc) is 2.32. The second-order valence-electron chi connectivity index (χ2n) is 3.79. The van der Waals surface area contributed by atoms with Crippen molar-refractivity contribution in [1.82, 2.24) is 4.90 Å². The van der Waals surface area contributed by atoms with Crippen LogP contribution < -0.4 is 10.5 Å². The van der Waals surface area contributed by atoms with Gasteiger partial charge in [-0.2, -0.15) is 0 Å². The predicted molar refractivity (Wildman–Crippen MR) is 74.8 cm³/mol. The van der Waals surface area contributed by atoms with Gasteiger partial charge in [-0.05, 0) is 32.0 Å². The fourth-order valence-electron chi connectivity index (χ4n) is 1.48. The van der Waals surface area contributed by atoms with Crippen LogP contribution in [0, 0.1) is 0 Å². The van der Waals surface area contributed by atoms with Crippen molar-refractivity contribution in [2.75, 3.05) is 18.4 Å². The van der Waals surface area contributed by atoms with Crippen LogP contribution in [-0.4, -0.2) is 32.4 Å². The van der Waals surface area contributed by atoms with Gasteiger partial charge in [0.05, 0.1) is 15.6 Å². The third kappa shape index (κ3) is 4.09. The summed E-state index contributed by atoms with van der Waals surface area (Å²) in [6.45, 7) is 4.75. The van der Waals surface area contributed by atoms with Gasteiger partial charge in [0, 0.05) is 13.1 Å². The zero-order chi connectivity index (χ0) is 14.6. The molecule has 0 aromatic heterocycles. The molecule has 2 amide bonds. The maximum absolute atomic E-state index is 11.9. The van der Waals surface area contributed by atoms with Gasteiger partial charge in [0.1, 0.15) is 0 Å². The first-order valence-corrected chi connectivity index (χ1v) is 7.60. The van der Waals surface area contributed by atoms with Gasteiger partial charge in [-0.25, -0.2) is 18.4 Å². The largest absolute Gasteiger partial charge is 0.325 e. The van der Waals surface area contributed by atoms with Crippen LogP contribution in [0.3, 0.4) is 0 Å². The Morgan fingerprint density at radius 1 is 1.37 bits per heavy atom. The molecule has 0 radical (unpaired) electrons. The lowest BCUT2D eigenvalue weighted by Gasteiger charge is -2.19. The van der Waals surface area contributed by atoms with Gasteiger partial charge >= 0.3 is 6.03 Å². The monoisotopic (exact) mass is 305 g/mol. The van der Waals surface area contributed by atoms with Gasteiger partial charge in [0.25, 0.3) is 0 Å². The highest BCUT2D eigenvalue weighted by Crippen LogP contribution is 2.25. The van der Waals surface area contributed by atoms with E-state index in [1.165, 1.54) is 18.2 Å². The zero-order valence-electron chi connectivity index (χ0n) is 10.7. The summed E-state index contributed by atoms with van der Waals surface area (Å²) < 4.78 is 22.5. The molecule has 0 saturated heterocycles. The predicted octanol–water partition coefficient (Wildman–Crippen LogP) is 1.86. The van der Waals surface area contributed by atoms with Crippen LogP contribution >= 0.6 is 11.6 Å². The van der Waals surface area contributed by atoms with Crippen LogP contribution in [0.5, 0.6) is 0 Å². The molecule has 106 valence electrons. The minimum absolute atomic E-state index is 0.105. The van der Waals surface area contributed by atoms with E-state index < -0.39 is 10.0 Å². The number of urea groups is 1. The molecule has 0 saturated carbocycles. The molecule has 0 atom stereocenters. The van der Waals surface area contributed by atoms with Crippen molar-refractivity contribution in [2.24, 2.45) is 5.14 Å². The number of carbonyl (C=O) groups is 1. The molecule has 6 nitrogen and oxygen atoms in total. The number of primary sulfonamides is 1. The number of sulfonamides is 1. The van der Waals surface area contributed by atoms with E-state index in [1.54, 1.807) is 4.90 Å². The SMILES string of the molecule is CCN(CC)C(=O)Nc1cc(S(N)(=O)=O)ccc1Cl. The van der Waals surface area contributed by atoms with Crippen LogP contribution in [-0.2, 0) is 10.0 Å². The molecule has 1 rings (SSSR count). The van der Waals surface area contributed by atoms with E-state index in [0.29, 0.717) is 13.1 Å². The molecule has 1 aromatic rings. The molecule has 0 aliphatic carbocycles. The lowest BCUT2D eigenvalue weighted by Crippen LogP contribution is -2.34. The number of nitrogens with two attached hydrogens (primary N) is 1. The normalized spacial score (nSPS) is 11.2. The summed E-state index contributed by atoms with van der Waals surface area (Å²) in [7, 11) is -3.83.